The molecule has 0 spiro atoms. The van der Waals surface area contributed by atoms with Gasteiger partial charge in [0.2, 0.25) is 0 Å². The summed E-state index contributed by atoms with van der Waals surface area (Å²) in [4.78, 5) is 5.19. The summed E-state index contributed by atoms with van der Waals surface area (Å²) in [6, 6.07) is 9.74. The van der Waals surface area contributed by atoms with Crippen LogP contribution in [-0.2, 0) is 6.54 Å². The third kappa shape index (κ3) is 2.74. The lowest BCUT2D eigenvalue weighted by Crippen LogP contribution is -2.62. The van der Waals surface area contributed by atoms with Crippen LogP contribution in [0.3, 0.4) is 0 Å². The molecule has 3 rings (SSSR count). The number of nitrogens with one attached hydrogen (secondary N) is 1. The van der Waals surface area contributed by atoms with Crippen LogP contribution in [0.25, 0.3) is 0 Å². The highest BCUT2D eigenvalue weighted by Gasteiger charge is 2.31. The summed E-state index contributed by atoms with van der Waals surface area (Å²) in [5, 5.41) is 3.42. The summed E-state index contributed by atoms with van der Waals surface area (Å²) in [7, 11) is 0. The van der Waals surface area contributed by atoms with E-state index < -0.39 is 0 Å². The SMILES string of the molecule is Cc1ccc(CN2CC(N3CCNCC3)C2)cc1. The fraction of sp³-hybridized carbons (Fsp3) is 0.600. The topological polar surface area (TPSA) is 18.5 Å². The third-order valence-corrected chi connectivity index (χ3v) is 4.13. The second-order valence-electron chi connectivity index (χ2n) is 5.62. The van der Waals surface area contributed by atoms with Crippen molar-refractivity contribution in [2.45, 2.75) is 19.5 Å². The molecule has 0 saturated carbocycles. The van der Waals surface area contributed by atoms with Crippen molar-refractivity contribution in [3.05, 3.63) is 35.4 Å². The van der Waals surface area contributed by atoms with Gasteiger partial charge < -0.3 is 5.32 Å². The van der Waals surface area contributed by atoms with Crippen molar-refractivity contribution in [1.29, 1.82) is 0 Å². The van der Waals surface area contributed by atoms with Gasteiger partial charge in [-0.2, -0.15) is 0 Å². The van der Waals surface area contributed by atoms with Gasteiger partial charge in [0.15, 0.2) is 0 Å². The van der Waals surface area contributed by atoms with Gasteiger partial charge in [0, 0.05) is 51.9 Å². The molecule has 0 aliphatic carbocycles. The van der Waals surface area contributed by atoms with Crippen molar-refractivity contribution < 1.29 is 0 Å². The largest absolute Gasteiger partial charge is 0.314 e. The normalized spacial score (nSPS) is 22.9. The number of hydrogen-bond acceptors (Lipinski definition) is 3. The highest BCUT2D eigenvalue weighted by atomic mass is 15.3. The van der Waals surface area contributed by atoms with Crippen LogP contribution in [0.2, 0.25) is 0 Å². The summed E-state index contributed by atoms with van der Waals surface area (Å²) >= 11 is 0. The molecule has 2 aliphatic heterocycles. The summed E-state index contributed by atoms with van der Waals surface area (Å²) in [5.41, 5.74) is 2.79. The maximum absolute atomic E-state index is 3.42. The number of hydrogen-bond donors (Lipinski definition) is 1. The Morgan fingerprint density at radius 1 is 1.11 bits per heavy atom. The van der Waals surface area contributed by atoms with Crippen molar-refractivity contribution in [1.82, 2.24) is 15.1 Å². The molecule has 2 fully saturated rings. The molecule has 0 atom stereocenters. The third-order valence-electron chi connectivity index (χ3n) is 4.13. The first-order valence-corrected chi connectivity index (χ1v) is 7.04. The van der Waals surface area contributed by atoms with E-state index in [-0.39, 0.29) is 0 Å². The molecule has 0 unspecified atom stereocenters. The van der Waals surface area contributed by atoms with Crippen LogP contribution < -0.4 is 5.32 Å². The van der Waals surface area contributed by atoms with Crippen molar-refractivity contribution in [2.75, 3.05) is 39.3 Å². The highest BCUT2D eigenvalue weighted by Crippen LogP contribution is 2.18. The Labute approximate surface area is 110 Å². The molecule has 2 heterocycles. The van der Waals surface area contributed by atoms with E-state index >= 15 is 0 Å². The van der Waals surface area contributed by atoms with E-state index in [1.165, 1.54) is 37.3 Å². The monoisotopic (exact) mass is 245 g/mol. The molecule has 98 valence electrons. The van der Waals surface area contributed by atoms with Crippen LogP contribution in [0.5, 0.6) is 0 Å². The van der Waals surface area contributed by atoms with E-state index in [1.807, 2.05) is 0 Å². The number of benzene rings is 1. The van der Waals surface area contributed by atoms with E-state index in [1.54, 1.807) is 0 Å². The summed E-state index contributed by atoms with van der Waals surface area (Å²) in [6.07, 6.45) is 0. The lowest BCUT2D eigenvalue weighted by atomic mass is 10.0. The number of likely N-dealkylation sites (tertiary alicyclic amines) is 1. The Hall–Kier alpha value is -0.900. The maximum atomic E-state index is 3.42. The lowest BCUT2D eigenvalue weighted by molar-refractivity contribution is 0.0223. The molecule has 1 aromatic rings. The molecule has 18 heavy (non-hydrogen) atoms. The molecule has 0 aromatic heterocycles. The van der Waals surface area contributed by atoms with Crippen LogP contribution in [0.15, 0.2) is 24.3 Å². The molecule has 2 saturated heterocycles. The molecule has 0 amide bonds. The Morgan fingerprint density at radius 2 is 1.78 bits per heavy atom. The number of piperazine rings is 1. The van der Waals surface area contributed by atoms with Gasteiger partial charge in [-0.15, -0.1) is 0 Å². The highest BCUT2D eigenvalue weighted by molar-refractivity contribution is 5.21. The zero-order valence-corrected chi connectivity index (χ0v) is 11.2. The quantitative estimate of drug-likeness (QED) is 0.860. The zero-order valence-electron chi connectivity index (χ0n) is 11.2. The van der Waals surface area contributed by atoms with Gasteiger partial charge in [-0.25, -0.2) is 0 Å². The predicted molar refractivity (Wildman–Crippen MR) is 74.7 cm³/mol. The molecule has 1 N–H and O–H groups in total. The zero-order chi connectivity index (χ0) is 12.4. The molecule has 3 heteroatoms. The van der Waals surface area contributed by atoms with Crippen molar-refractivity contribution in [2.24, 2.45) is 0 Å². The fourth-order valence-corrected chi connectivity index (χ4v) is 2.90. The van der Waals surface area contributed by atoms with Gasteiger partial charge in [-0.05, 0) is 12.5 Å². The van der Waals surface area contributed by atoms with Crippen LogP contribution in [0.1, 0.15) is 11.1 Å². The first-order chi connectivity index (χ1) is 8.81. The standard InChI is InChI=1S/C15H23N3/c1-13-2-4-14(5-3-13)10-17-11-15(12-17)18-8-6-16-7-9-18/h2-5,15-16H,6-12H2,1H3. The minimum absolute atomic E-state index is 0.803. The predicted octanol–water partition coefficient (Wildman–Crippen LogP) is 1.08. The van der Waals surface area contributed by atoms with Crippen LogP contribution in [0.4, 0.5) is 0 Å². The van der Waals surface area contributed by atoms with Gasteiger partial charge in [-0.1, -0.05) is 29.8 Å². The summed E-state index contributed by atoms with van der Waals surface area (Å²) in [5.74, 6) is 0. The Morgan fingerprint density at radius 3 is 2.44 bits per heavy atom. The molecular formula is C15H23N3. The first kappa shape index (κ1) is 12.2. The Balaban J connectivity index is 1.46. The second-order valence-corrected chi connectivity index (χ2v) is 5.62. The molecule has 0 radical (unpaired) electrons. The van der Waals surface area contributed by atoms with Gasteiger partial charge in [0.1, 0.15) is 0 Å². The van der Waals surface area contributed by atoms with Gasteiger partial charge in [-0.3, -0.25) is 9.80 Å². The molecular weight excluding hydrogens is 222 g/mol. The number of nitrogens with zero attached hydrogens (tertiary/aromatic N) is 2. The average molecular weight is 245 g/mol. The van der Waals surface area contributed by atoms with Crippen molar-refractivity contribution >= 4 is 0 Å². The Bertz CT molecular complexity index is 375. The van der Waals surface area contributed by atoms with Crippen LogP contribution in [0, 0.1) is 6.92 Å². The molecule has 1 aromatic carbocycles. The average Bonchev–Trinajstić information content (AvgIpc) is 2.36. The molecule has 0 bridgehead atoms. The van der Waals surface area contributed by atoms with Gasteiger partial charge in [0.05, 0.1) is 0 Å². The van der Waals surface area contributed by atoms with Crippen LogP contribution in [-0.4, -0.2) is 55.1 Å². The number of rotatable bonds is 3. The van der Waals surface area contributed by atoms with Gasteiger partial charge >= 0.3 is 0 Å². The minimum Gasteiger partial charge on any atom is -0.314 e. The van der Waals surface area contributed by atoms with E-state index in [0.29, 0.717) is 0 Å². The van der Waals surface area contributed by atoms with E-state index in [2.05, 4.69) is 46.3 Å². The van der Waals surface area contributed by atoms with Crippen molar-refractivity contribution in [3.63, 3.8) is 0 Å². The summed E-state index contributed by atoms with van der Waals surface area (Å²) in [6.45, 7) is 10.5. The summed E-state index contributed by atoms with van der Waals surface area (Å²) < 4.78 is 0. The molecule has 2 aliphatic rings. The van der Waals surface area contributed by atoms with Gasteiger partial charge in [0.25, 0.3) is 0 Å². The lowest BCUT2D eigenvalue weighted by Gasteiger charge is -2.46. The fourth-order valence-electron chi connectivity index (χ4n) is 2.90. The van der Waals surface area contributed by atoms with E-state index in [4.69, 9.17) is 0 Å². The van der Waals surface area contributed by atoms with E-state index in [9.17, 15) is 0 Å². The maximum Gasteiger partial charge on any atom is 0.0351 e. The van der Waals surface area contributed by atoms with Crippen LogP contribution >= 0.6 is 0 Å². The first-order valence-electron chi connectivity index (χ1n) is 7.04. The smallest absolute Gasteiger partial charge is 0.0351 e. The van der Waals surface area contributed by atoms with Crippen molar-refractivity contribution in [3.8, 4) is 0 Å². The molecule has 3 nitrogen and oxygen atoms in total. The minimum atomic E-state index is 0.803. The Kier molecular flexibility index (Phi) is 3.64. The second kappa shape index (κ2) is 5.39. The number of aryl methyl sites for hydroxylation is 1. The van der Waals surface area contributed by atoms with E-state index in [0.717, 1.165) is 25.7 Å².